The smallest absolute Gasteiger partial charge is 0.355 e. The molecule has 3 rings (SSSR count). The summed E-state index contributed by atoms with van der Waals surface area (Å²) in [5.41, 5.74) is 0.250. The highest BCUT2D eigenvalue weighted by Gasteiger charge is 2.47. The van der Waals surface area contributed by atoms with Gasteiger partial charge in [0.25, 0.3) is 5.69 Å². The van der Waals surface area contributed by atoms with Crippen LogP contribution in [0.25, 0.3) is 0 Å². The fourth-order valence-corrected chi connectivity index (χ4v) is 2.35. The second-order valence-corrected chi connectivity index (χ2v) is 5.33. The highest BCUT2D eigenvalue weighted by molar-refractivity contribution is 6.24. The molecule has 1 unspecified atom stereocenters. The van der Waals surface area contributed by atoms with Gasteiger partial charge < -0.3 is 9.57 Å². The zero-order valence-electron chi connectivity index (χ0n) is 14.1. The van der Waals surface area contributed by atoms with E-state index in [1.165, 1.54) is 12.1 Å². The number of pyridine rings is 1. The third-order valence-electron chi connectivity index (χ3n) is 3.56. The lowest BCUT2D eigenvalue weighted by atomic mass is 10.1. The van der Waals surface area contributed by atoms with Crippen LogP contribution in [0, 0.1) is 16.0 Å². The first-order chi connectivity index (χ1) is 13.0. The average molecular weight is 370 g/mol. The summed E-state index contributed by atoms with van der Waals surface area (Å²) < 4.78 is 4.94. The Kier molecular flexibility index (Phi) is 5.06. The van der Waals surface area contributed by atoms with E-state index >= 15 is 0 Å². The number of hydrogen-bond donors (Lipinski definition) is 0. The number of aliphatic imine (C=N–C) groups is 1. The number of hydroxylamine groups is 1. The van der Waals surface area contributed by atoms with E-state index in [4.69, 9.17) is 9.57 Å². The SMILES string of the molecule is CCOC(=O)C1C(=O)ON(c2ccc([N+](=O)[O-])cn2)C1=Nc1ccccc1. The molecule has 0 saturated carbocycles. The Balaban J connectivity index is 2.03. The van der Waals surface area contributed by atoms with E-state index in [1.54, 1.807) is 37.3 Å². The zero-order chi connectivity index (χ0) is 19.4. The largest absolute Gasteiger partial charge is 0.465 e. The molecule has 1 saturated heterocycles. The molecule has 10 heteroatoms. The summed E-state index contributed by atoms with van der Waals surface area (Å²) in [5, 5.41) is 11.8. The number of anilines is 1. The van der Waals surface area contributed by atoms with Gasteiger partial charge in [-0.2, -0.15) is 0 Å². The Morgan fingerprint density at radius 2 is 2.07 bits per heavy atom. The number of carbonyl (C=O) groups is 2. The van der Waals surface area contributed by atoms with E-state index < -0.39 is 22.8 Å². The van der Waals surface area contributed by atoms with Crippen LogP contribution >= 0.6 is 0 Å². The number of para-hydroxylation sites is 1. The second kappa shape index (κ2) is 7.60. The highest BCUT2D eigenvalue weighted by Crippen LogP contribution is 2.28. The van der Waals surface area contributed by atoms with Crippen LogP contribution in [-0.2, 0) is 19.2 Å². The maximum Gasteiger partial charge on any atom is 0.355 e. The van der Waals surface area contributed by atoms with Crippen molar-refractivity contribution >= 4 is 35.0 Å². The third-order valence-corrected chi connectivity index (χ3v) is 3.56. The minimum absolute atomic E-state index is 0.0361. The van der Waals surface area contributed by atoms with Gasteiger partial charge in [-0.1, -0.05) is 18.2 Å². The van der Waals surface area contributed by atoms with E-state index in [0.717, 1.165) is 11.3 Å². The summed E-state index contributed by atoms with van der Waals surface area (Å²) in [7, 11) is 0. The maximum absolute atomic E-state index is 12.3. The monoisotopic (exact) mass is 370 g/mol. The van der Waals surface area contributed by atoms with Gasteiger partial charge in [0.15, 0.2) is 11.7 Å². The molecule has 2 heterocycles. The predicted octanol–water partition coefficient (Wildman–Crippen LogP) is 2.18. The molecule has 138 valence electrons. The minimum atomic E-state index is -1.39. The first-order valence-corrected chi connectivity index (χ1v) is 7.94. The summed E-state index contributed by atoms with van der Waals surface area (Å²) in [6, 6.07) is 11.1. The number of rotatable bonds is 5. The molecule has 2 aromatic rings. The number of amidine groups is 1. The number of esters is 1. The standard InChI is InChI=1S/C17H14N4O6/c1-2-26-16(22)14-15(19-11-6-4-3-5-7-11)20(27-17(14)23)13-9-8-12(10-18-13)21(24)25/h3-10,14H,2H2,1H3. The molecule has 1 aromatic carbocycles. The fraction of sp³-hybridized carbons (Fsp3) is 0.176. The minimum Gasteiger partial charge on any atom is -0.465 e. The van der Waals surface area contributed by atoms with Crippen molar-refractivity contribution in [3.05, 3.63) is 58.8 Å². The molecule has 27 heavy (non-hydrogen) atoms. The number of nitro groups is 1. The van der Waals surface area contributed by atoms with E-state index in [1.807, 2.05) is 0 Å². The summed E-state index contributed by atoms with van der Waals surface area (Å²) in [4.78, 5) is 48.1. The van der Waals surface area contributed by atoms with Gasteiger partial charge in [-0.15, -0.1) is 5.06 Å². The second-order valence-electron chi connectivity index (χ2n) is 5.33. The normalized spacial score (nSPS) is 17.7. The van der Waals surface area contributed by atoms with Crippen LogP contribution in [0.15, 0.2) is 53.7 Å². The van der Waals surface area contributed by atoms with Crippen LogP contribution in [0.5, 0.6) is 0 Å². The first-order valence-electron chi connectivity index (χ1n) is 7.94. The van der Waals surface area contributed by atoms with Gasteiger partial charge in [-0.25, -0.2) is 14.8 Å². The molecule has 0 N–H and O–H groups in total. The topological polar surface area (TPSA) is 124 Å². The van der Waals surface area contributed by atoms with E-state index in [9.17, 15) is 19.7 Å². The summed E-state index contributed by atoms with van der Waals surface area (Å²) >= 11 is 0. The van der Waals surface area contributed by atoms with Crippen LogP contribution in [-0.4, -0.2) is 34.3 Å². The first kappa shape index (κ1) is 18.0. The zero-order valence-corrected chi connectivity index (χ0v) is 14.1. The summed E-state index contributed by atoms with van der Waals surface area (Å²) in [5.74, 6) is -3.03. The van der Waals surface area contributed by atoms with Crippen molar-refractivity contribution < 1.29 is 24.1 Å². The van der Waals surface area contributed by atoms with Gasteiger partial charge in [0.2, 0.25) is 5.92 Å². The van der Waals surface area contributed by atoms with Crippen molar-refractivity contribution in [3.8, 4) is 0 Å². The lowest BCUT2D eigenvalue weighted by Crippen LogP contribution is -2.32. The molecule has 0 radical (unpaired) electrons. The van der Waals surface area contributed by atoms with Gasteiger partial charge >= 0.3 is 11.9 Å². The molecule has 0 spiro atoms. The fourth-order valence-electron chi connectivity index (χ4n) is 2.35. The molecular formula is C17H14N4O6. The van der Waals surface area contributed by atoms with Crippen LogP contribution in [0.3, 0.4) is 0 Å². The summed E-state index contributed by atoms with van der Waals surface area (Å²) in [6.45, 7) is 1.69. The van der Waals surface area contributed by atoms with Crippen molar-refractivity contribution in [3.63, 3.8) is 0 Å². The van der Waals surface area contributed by atoms with Gasteiger partial charge in [-0.05, 0) is 25.1 Å². The highest BCUT2D eigenvalue weighted by atomic mass is 16.7. The number of aromatic nitrogens is 1. The van der Waals surface area contributed by atoms with Gasteiger partial charge in [0.05, 0.1) is 17.2 Å². The number of benzene rings is 1. The lowest BCUT2D eigenvalue weighted by molar-refractivity contribution is -0.385. The van der Waals surface area contributed by atoms with Crippen LogP contribution in [0.1, 0.15) is 6.92 Å². The number of ether oxygens (including phenoxy) is 1. The molecule has 1 aromatic heterocycles. The van der Waals surface area contributed by atoms with Gasteiger partial charge in [0.1, 0.15) is 6.20 Å². The Bertz CT molecular complexity index is 897. The Hall–Kier alpha value is -3.82. The van der Waals surface area contributed by atoms with Crippen LogP contribution in [0.4, 0.5) is 17.2 Å². The molecule has 10 nitrogen and oxygen atoms in total. The number of hydrogen-bond acceptors (Lipinski definition) is 8. The molecule has 1 aliphatic rings. The molecular weight excluding hydrogens is 356 g/mol. The van der Waals surface area contributed by atoms with E-state index in [-0.39, 0.29) is 23.9 Å². The Morgan fingerprint density at radius 1 is 1.33 bits per heavy atom. The Morgan fingerprint density at radius 3 is 2.67 bits per heavy atom. The average Bonchev–Trinajstić information content (AvgIpc) is 2.99. The molecule has 0 bridgehead atoms. The predicted molar refractivity (Wildman–Crippen MR) is 93.1 cm³/mol. The van der Waals surface area contributed by atoms with E-state index in [0.29, 0.717) is 5.69 Å². The van der Waals surface area contributed by atoms with Crippen LogP contribution in [0.2, 0.25) is 0 Å². The van der Waals surface area contributed by atoms with Crippen LogP contribution < -0.4 is 5.06 Å². The molecule has 1 fully saturated rings. The Labute approximate surface area is 153 Å². The number of carbonyl (C=O) groups excluding carboxylic acids is 2. The molecule has 1 atom stereocenters. The molecule has 0 amide bonds. The van der Waals surface area contributed by atoms with Crippen molar-refractivity contribution in [1.29, 1.82) is 0 Å². The third kappa shape index (κ3) is 3.73. The molecule has 1 aliphatic heterocycles. The lowest BCUT2D eigenvalue weighted by Gasteiger charge is -2.15. The summed E-state index contributed by atoms with van der Waals surface area (Å²) in [6.07, 6.45) is 1.01. The quantitative estimate of drug-likeness (QED) is 0.339. The number of nitrogens with zero attached hydrogens (tertiary/aromatic N) is 4. The van der Waals surface area contributed by atoms with Crippen molar-refractivity contribution in [1.82, 2.24) is 4.98 Å². The van der Waals surface area contributed by atoms with E-state index in [2.05, 4.69) is 9.98 Å². The van der Waals surface area contributed by atoms with Crippen molar-refractivity contribution in [2.75, 3.05) is 11.7 Å². The van der Waals surface area contributed by atoms with Gasteiger partial charge in [-0.3, -0.25) is 14.9 Å². The van der Waals surface area contributed by atoms with Crippen molar-refractivity contribution in [2.24, 2.45) is 10.9 Å². The maximum atomic E-state index is 12.3. The molecule has 0 aliphatic carbocycles. The van der Waals surface area contributed by atoms with Gasteiger partial charge in [0, 0.05) is 6.07 Å². The van der Waals surface area contributed by atoms with Crippen molar-refractivity contribution in [2.45, 2.75) is 6.92 Å².